The molecule has 1 heteroatoms. The third-order valence-corrected chi connectivity index (χ3v) is 3.38. The van der Waals surface area contributed by atoms with Gasteiger partial charge in [0, 0.05) is 4.90 Å². The molecular formula is C14H20S. The highest BCUT2D eigenvalue weighted by Gasteiger charge is 1.95. The molecule has 0 saturated carbocycles. The summed E-state index contributed by atoms with van der Waals surface area (Å²) in [5, 5.41) is 0. The second kappa shape index (κ2) is 7.58. The van der Waals surface area contributed by atoms with Crippen molar-refractivity contribution >= 4 is 11.8 Å². The molecule has 0 fully saturated rings. The summed E-state index contributed by atoms with van der Waals surface area (Å²) in [5.41, 5.74) is 1.37. The highest BCUT2D eigenvalue weighted by molar-refractivity contribution is 7.99. The zero-order chi connectivity index (χ0) is 10.9. The van der Waals surface area contributed by atoms with E-state index in [1.54, 1.807) is 0 Å². The van der Waals surface area contributed by atoms with Gasteiger partial charge in [0.15, 0.2) is 0 Å². The molecule has 0 nitrogen and oxygen atoms in total. The van der Waals surface area contributed by atoms with Crippen LogP contribution in [0.1, 0.15) is 31.7 Å². The number of allylic oxidation sites excluding steroid dienone is 1. The monoisotopic (exact) mass is 220 g/mol. The lowest BCUT2D eigenvalue weighted by Gasteiger charge is -2.03. The van der Waals surface area contributed by atoms with Crippen LogP contribution in [0, 0.1) is 0 Å². The van der Waals surface area contributed by atoms with E-state index in [1.165, 1.54) is 35.5 Å². The van der Waals surface area contributed by atoms with Crippen molar-refractivity contribution in [2.75, 3.05) is 5.75 Å². The molecule has 15 heavy (non-hydrogen) atoms. The number of hydrogen-bond donors (Lipinski definition) is 0. The molecule has 0 heterocycles. The summed E-state index contributed by atoms with van der Waals surface area (Å²) in [6, 6.07) is 8.78. The van der Waals surface area contributed by atoms with Crippen LogP contribution in [0.3, 0.4) is 0 Å². The minimum Gasteiger partial charge on any atom is -0.126 e. The van der Waals surface area contributed by atoms with Gasteiger partial charge in [-0.1, -0.05) is 38.0 Å². The van der Waals surface area contributed by atoms with Crippen LogP contribution >= 0.6 is 11.8 Å². The molecule has 0 N–H and O–H groups in total. The molecule has 0 radical (unpaired) electrons. The molecule has 0 spiro atoms. The van der Waals surface area contributed by atoms with Crippen LogP contribution in [-0.2, 0) is 6.42 Å². The van der Waals surface area contributed by atoms with Crippen LogP contribution in [0.2, 0.25) is 0 Å². The summed E-state index contributed by atoms with van der Waals surface area (Å²) < 4.78 is 0. The summed E-state index contributed by atoms with van der Waals surface area (Å²) in [6.45, 7) is 6.01. The molecule has 1 rings (SSSR count). The molecule has 0 aliphatic heterocycles. The Morgan fingerprint density at radius 1 is 1.33 bits per heavy atom. The van der Waals surface area contributed by atoms with Gasteiger partial charge in [-0.05, 0) is 36.3 Å². The summed E-state index contributed by atoms with van der Waals surface area (Å²) >= 11 is 1.97. The second-order valence-corrected chi connectivity index (χ2v) is 4.86. The van der Waals surface area contributed by atoms with Gasteiger partial charge in [-0.25, -0.2) is 0 Å². The van der Waals surface area contributed by atoms with Crippen molar-refractivity contribution in [3.63, 3.8) is 0 Å². The normalized spacial score (nSPS) is 10.2. The van der Waals surface area contributed by atoms with Gasteiger partial charge in [-0.15, -0.1) is 18.3 Å². The van der Waals surface area contributed by atoms with Crippen LogP contribution in [0.4, 0.5) is 0 Å². The van der Waals surface area contributed by atoms with E-state index in [4.69, 9.17) is 0 Å². The topological polar surface area (TPSA) is 0 Å². The minimum atomic E-state index is 0.976. The van der Waals surface area contributed by atoms with E-state index in [0.29, 0.717) is 0 Å². The van der Waals surface area contributed by atoms with Crippen LogP contribution in [0.25, 0.3) is 0 Å². The molecule has 0 amide bonds. The van der Waals surface area contributed by atoms with Crippen molar-refractivity contribution in [3.8, 4) is 0 Å². The molecule has 0 saturated heterocycles. The average molecular weight is 220 g/mol. The second-order valence-electron chi connectivity index (χ2n) is 3.70. The zero-order valence-corrected chi connectivity index (χ0v) is 10.4. The van der Waals surface area contributed by atoms with E-state index < -0.39 is 0 Å². The smallest absolute Gasteiger partial charge is 0.00747 e. The van der Waals surface area contributed by atoms with Crippen LogP contribution in [0.5, 0.6) is 0 Å². The number of thioether (sulfide) groups is 1. The highest BCUT2D eigenvalue weighted by atomic mass is 32.2. The molecule has 1 aromatic carbocycles. The largest absolute Gasteiger partial charge is 0.126 e. The third-order valence-electron chi connectivity index (χ3n) is 2.30. The maximum absolute atomic E-state index is 3.77. The van der Waals surface area contributed by atoms with Gasteiger partial charge >= 0.3 is 0 Å². The number of benzene rings is 1. The lowest BCUT2D eigenvalue weighted by Crippen LogP contribution is -1.83. The fraction of sp³-hybridized carbons (Fsp3) is 0.429. The molecule has 0 bridgehead atoms. The molecule has 0 aliphatic carbocycles. The van der Waals surface area contributed by atoms with Gasteiger partial charge < -0.3 is 0 Å². The Morgan fingerprint density at radius 3 is 2.93 bits per heavy atom. The zero-order valence-electron chi connectivity index (χ0n) is 9.54. The number of rotatable bonds is 7. The van der Waals surface area contributed by atoms with Crippen LogP contribution in [-0.4, -0.2) is 5.75 Å². The Labute approximate surface area is 97.8 Å². The molecule has 1 aromatic rings. The fourth-order valence-electron chi connectivity index (χ4n) is 1.47. The van der Waals surface area contributed by atoms with Crippen molar-refractivity contribution in [1.29, 1.82) is 0 Å². The first-order valence-corrected chi connectivity index (χ1v) is 6.68. The summed E-state index contributed by atoms with van der Waals surface area (Å²) in [6.07, 6.45) is 6.91. The van der Waals surface area contributed by atoms with E-state index in [0.717, 1.165) is 6.42 Å². The van der Waals surface area contributed by atoms with E-state index in [-0.39, 0.29) is 0 Å². The lowest BCUT2D eigenvalue weighted by atomic mass is 10.2. The van der Waals surface area contributed by atoms with Crippen molar-refractivity contribution in [2.45, 2.75) is 37.5 Å². The highest BCUT2D eigenvalue weighted by Crippen LogP contribution is 2.21. The minimum absolute atomic E-state index is 0.976. The summed E-state index contributed by atoms with van der Waals surface area (Å²) in [4.78, 5) is 1.39. The van der Waals surface area contributed by atoms with Crippen molar-refractivity contribution < 1.29 is 0 Å². The Bertz CT molecular complexity index is 291. The Balaban J connectivity index is 2.39. The predicted octanol–water partition coefficient (Wildman–Crippen LogP) is 4.70. The van der Waals surface area contributed by atoms with Gasteiger partial charge in [-0.3, -0.25) is 0 Å². The average Bonchev–Trinajstić information content (AvgIpc) is 2.26. The number of unbranched alkanes of at least 4 members (excludes halogenated alkanes) is 2. The van der Waals surface area contributed by atoms with Gasteiger partial charge in [0.1, 0.15) is 0 Å². The van der Waals surface area contributed by atoms with E-state index in [9.17, 15) is 0 Å². The van der Waals surface area contributed by atoms with E-state index in [1.807, 2.05) is 17.8 Å². The van der Waals surface area contributed by atoms with Crippen LogP contribution in [0.15, 0.2) is 41.8 Å². The van der Waals surface area contributed by atoms with Gasteiger partial charge in [0.25, 0.3) is 0 Å². The Morgan fingerprint density at radius 2 is 2.20 bits per heavy atom. The first-order valence-electron chi connectivity index (χ1n) is 5.69. The Kier molecular flexibility index (Phi) is 6.26. The summed E-state index contributed by atoms with van der Waals surface area (Å²) in [7, 11) is 0. The summed E-state index contributed by atoms with van der Waals surface area (Å²) in [5.74, 6) is 1.24. The molecule has 0 aromatic heterocycles. The van der Waals surface area contributed by atoms with Gasteiger partial charge in [-0.2, -0.15) is 0 Å². The van der Waals surface area contributed by atoms with E-state index in [2.05, 4.69) is 37.8 Å². The third kappa shape index (κ3) is 5.08. The predicted molar refractivity (Wildman–Crippen MR) is 70.6 cm³/mol. The van der Waals surface area contributed by atoms with Crippen molar-refractivity contribution in [1.82, 2.24) is 0 Å². The SMILES string of the molecule is C=CCc1cccc(SCCCCC)c1. The maximum Gasteiger partial charge on any atom is 0.00747 e. The van der Waals surface area contributed by atoms with E-state index >= 15 is 0 Å². The molecule has 0 unspecified atom stereocenters. The molecule has 0 atom stereocenters. The first-order chi connectivity index (χ1) is 7.36. The van der Waals surface area contributed by atoms with Crippen LogP contribution < -0.4 is 0 Å². The van der Waals surface area contributed by atoms with Crippen molar-refractivity contribution in [2.24, 2.45) is 0 Å². The quantitative estimate of drug-likeness (QED) is 0.365. The molecule has 0 aliphatic rings. The fourth-order valence-corrected chi connectivity index (χ4v) is 2.46. The van der Waals surface area contributed by atoms with Gasteiger partial charge in [0.2, 0.25) is 0 Å². The lowest BCUT2D eigenvalue weighted by molar-refractivity contribution is 0.778. The standard InChI is InChI=1S/C14H20S/c1-3-5-6-11-15-14-10-7-9-13(12-14)8-4-2/h4,7,9-10,12H,2-3,5-6,8,11H2,1H3. The number of hydrogen-bond acceptors (Lipinski definition) is 1. The maximum atomic E-state index is 3.77. The Hall–Kier alpha value is -0.690. The molecule has 82 valence electrons. The van der Waals surface area contributed by atoms with Crippen molar-refractivity contribution in [3.05, 3.63) is 42.5 Å². The molecular weight excluding hydrogens is 200 g/mol. The van der Waals surface area contributed by atoms with Gasteiger partial charge in [0.05, 0.1) is 0 Å². The first kappa shape index (κ1) is 12.4.